The maximum atomic E-state index is 14.1. The summed E-state index contributed by atoms with van der Waals surface area (Å²) >= 11 is 13.6. The summed E-state index contributed by atoms with van der Waals surface area (Å²) in [5.74, 6) is 2.42. The first-order valence-corrected chi connectivity index (χ1v) is 14.9. The molecule has 0 radical (unpaired) electrons. The van der Waals surface area contributed by atoms with Crippen molar-refractivity contribution in [1.82, 2.24) is 4.57 Å². The molecule has 1 aliphatic carbocycles. The third kappa shape index (κ3) is 4.49. The predicted octanol–water partition coefficient (Wildman–Crippen LogP) is 6.90. The normalized spacial score (nSPS) is 16.0. The number of halogens is 2. The number of hydrogen-bond acceptors (Lipinski definition) is 6. The van der Waals surface area contributed by atoms with Crippen molar-refractivity contribution in [3.05, 3.63) is 131 Å². The largest absolute Gasteiger partial charge is 0.493 e. The topological polar surface area (TPSA) is 66.0 Å². The highest BCUT2D eigenvalue weighted by Gasteiger charge is 2.33. The SMILES string of the molecule is COc1ccc(C2C3=C(N=c4sc(=Cc5ccc(-c6ccc(Cl)c(Cl)c6)o5)c(=O)n42)c2ccccc2CC3)cc1OC. The lowest BCUT2D eigenvalue weighted by Crippen LogP contribution is -2.38. The molecule has 210 valence electrons. The van der Waals surface area contributed by atoms with E-state index in [1.165, 1.54) is 16.9 Å². The third-order valence-corrected chi connectivity index (χ3v) is 9.42. The minimum Gasteiger partial charge on any atom is -0.493 e. The summed E-state index contributed by atoms with van der Waals surface area (Å²) in [6.45, 7) is 0. The zero-order chi connectivity index (χ0) is 29.0. The van der Waals surface area contributed by atoms with E-state index in [9.17, 15) is 4.79 Å². The second kappa shape index (κ2) is 10.7. The number of rotatable bonds is 5. The van der Waals surface area contributed by atoms with Gasteiger partial charge in [0, 0.05) is 17.2 Å². The molecule has 0 saturated heterocycles. The molecule has 42 heavy (non-hydrogen) atoms. The number of methoxy groups -OCH3 is 2. The van der Waals surface area contributed by atoms with Crippen LogP contribution >= 0.6 is 34.5 Å². The Morgan fingerprint density at radius 3 is 2.60 bits per heavy atom. The molecule has 0 saturated carbocycles. The molecule has 0 N–H and O–H groups in total. The lowest BCUT2D eigenvalue weighted by molar-refractivity contribution is 0.354. The highest BCUT2D eigenvalue weighted by Crippen LogP contribution is 2.42. The number of allylic oxidation sites excluding steroid dienone is 1. The fraction of sp³-hybridized carbons (Fsp3) is 0.152. The summed E-state index contributed by atoms with van der Waals surface area (Å²) in [5.41, 5.74) is 6.02. The van der Waals surface area contributed by atoms with Crippen molar-refractivity contribution in [2.75, 3.05) is 14.2 Å². The summed E-state index contributed by atoms with van der Waals surface area (Å²) in [5, 5.41) is 0.920. The molecular formula is C33H24Cl2N2O4S. The Labute approximate surface area is 255 Å². The van der Waals surface area contributed by atoms with Gasteiger partial charge >= 0.3 is 0 Å². The Morgan fingerprint density at radius 2 is 1.79 bits per heavy atom. The maximum absolute atomic E-state index is 14.1. The van der Waals surface area contributed by atoms with Gasteiger partial charge in [0.05, 0.1) is 40.5 Å². The van der Waals surface area contributed by atoms with E-state index >= 15 is 0 Å². The molecule has 5 aromatic rings. The molecule has 3 heterocycles. The fourth-order valence-corrected chi connectivity index (χ4v) is 6.99. The lowest BCUT2D eigenvalue weighted by Gasteiger charge is -2.31. The van der Waals surface area contributed by atoms with E-state index in [0.29, 0.717) is 42.4 Å². The summed E-state index contributed by atoms with van der Waals surface area (Å²) < 4.78 is 19.5. The summed E-state index contributed by atoms with van der Waals surface area (Å²) in [6, 6.07) is 22.9. The number of ether oxygens (including phenoxy) is 2. The second-order valence-corrected chi connectivity index (χ2v) is 11.9. The molecule has 1 aliphatic heterocycles. The van der Waals surface area contributed by atoms with Gasteiger partial charge in [-0.05, 0) is 72.0 Å². The summed E-state index contributed by atoms with van der Waals surface area (Å²) in [7, 11) is 3.23. The standard InChI is InChI=1S/C33H24Cl2N2O4S/c1-39-27-13-9-20(16-28(27)40-2)31-23-11-7-18-5-3-4-6-22(18)30(23)36-33-37(31)32(38)29(42-33)17-21-10-14-26(41-21)19-8-12-24(34)25(35)15-19/h3-6,8-10,12-17,31H,7,11H2,1-2H3. The lowest BCUT2D eigenvalue weighted by atomic mass is 9.83. The molecule has 1 atom stereocenters. The Balaban J connectivity index is 1.40. The molecule has 6 nitrogen and oxygen atoms in total. The van der Waals surface area contributed by atoms with Gasteiger partial charge in [0.2, 0.25) is 0 Å². The van der Waals surface area contributed by atoms with Crippen LogP contribution in [0, 0.1) is 0 Å². The monoisotopic (exact) mass is 614 g/mol. The fourth-order valence-electron chi connectivity index (χ4n) is 5.71. The molecule has 2 aliphatic rings. The van der Waals surface area contributed by atoms with E-state index in [4.69, 9.17) is 42.1 Å². The number of aromatic nitrogens is 1. The quantitative estimate of drug-likeness (QED) is 0.216. The van der Waals surface area contributed by atoms with Crippen molar-refractivity contribution >= 4 is 46.3 Å². The van der Waals surface area contributed by atoms with E-state index in [-0.39, 0.29) is 11.6 Å². The van der Waals surface area contributed by atoms with E-state index in [0.717, 1.165) is 40.8 Å². The predicted molar refractivity (Wildman–Crippen MR) is 166 cm³/mol. The number of aryl methyl sites for hydroxylation is 1. The average molecular weight is 616 g/mol. The van der Waals surface area contributed by atoms with Gasteiger partial charge < -0.3 is 13.9 Å². The van der Waals surface area contributed by atoms with Gasteiger partial charge in [0.15, 0.2) is 16.3 Å². The third-order valence-electron chi connectivity index (χ3n) is 7.70. The van der Waals surface area contributed by atoms with Crippen molar-refractivity contribution in [2.45, 2.75) is 18.9 Å². The maximum Gasteiger partial charge on any atom is 0.271 e. The number of hydrogen-bond donors (Lipinski definition) is 0. The van der Waals surface area contributed by atoms with E-state index in [1.807, 2.05) is 42.5 Å². The van der Waals surface area contributed by atoms with Crippen LogP contribution in [-0.2, 0) is 6.42 Å². The Hall–Kier alpha value is -4.04. The minimum atomic E-state index is -0.338. The summed E-state index contributed by atoms with van der Waals surface area (Å²) in [6.07, 6.45) is 3.44. The van der Waals surface area contributed by atoms with Gasteiger partial charge in [0.25, 0.3) is 5.56 Å². The zero-order valence-electron chi connectivity index (χ0n) is 22.7. The highest BCUT2D eigenvalue weighted by molar-refractivity contribution is 7.07. The number of fused-ring (bicyclic) bond motifs is 3. The molecule has 9 heteroatoms. The number of benzene rings is 3. The van der Waals surface area contributed by atoms with Crippen molar-refractivity contribution in [3.8, 4) is 22.8 Å². The zero-order valence-corrected chi connectivity index (χ0v) is 25.0. The van der Waals surface area contributed by atoms with Crippen molar-refractivity contribution < 1.29 is 13.9 Å². The van der Waals surface area contributed by atoms with Crippen LogP contribution < -0.4 is 24.4 Å². The van der Waals surface area contributed by atoms with Crippen LogP contribution in [0.15, 0.2) is 92.6 Å². The van der Waals surface area contributed by atoms with Gasteiger partial charge in [-0.2, -0.15) is 0 Å². The smallest absolute Gasteiger partial charge is 0.271 e. The second-order valence-electron chi connectivity index (χ2n) is 10.1. The van der Waals surface area contributed by atoms with Crippen LogP contribution in [-0.4, -0.2) is 18.8 Å². The molecule has 7 rings (SSSR count). The van der Waals surface area contributed by atoms with Crippen molar-refractivity contribution in [2.24, 2.45) is 4.99 Å². The van der Waals surface area contributed by atoms with Crippen LogP contribution in [0.2, 0.25) is 10.0 Å². The first kappa shape index (κ1) is 26.8. The molecule has 2 aromatic heterocycles. The number of furan rings is 1. The van der Waals surface area contributed by atoms with Crippen LogP contribution in [0.1, 0.15) is 34.9 Å². The van der Waals surface area contributed by atoms with E-state index < -0.39 is 0 Å². The Kier molecular flexibility index (Phi) is 6.81. The number of thiazole rings is 1. The molecule has 1 unspecified atom stereocenters. The van der Waals surface area contributed by atoms with Gasteiger partial charge in [0.1, 0.15) is 11.5 Å². The van der Waals surface area contributed by atoms with Crippen molar-refractivity contribution in [3.63, 3.8) is 0 Å². The van der Waals surface area contributed by atoms with Crippen molar-refractivity contribution in [1.29, 1.82) is 0 Å². The van der Waals surface area contributed by atoms with Gasteiger partial charge in [-0.3, -0.25) is 9.36 Å². The number of nitrogens with zero attached hydrogens (tertiary/aromatic N) is 2. The molecule has 3 aromatic carbocycles. The highest BCUT2D eigenvalue weighted by atomic mass is 35.5. The molecular weight excluding hydrogens is 591 g/mol. The van der Waals surface area contributed by atoms with Crippen LogP contribution in [0.4, 0.5) is 0 Å². The molecule has 0 amide bonds. The van der Waals surface area contributed by atoms with Gasteiger partial charge in [-0.25, -0.2) is 4.99 Å². The van der Waals surface area contributed by atoms with E-state index in [1.54, 1.807) is 37.0 Å². The first-order valence-electron chi connectivity index (χ1n) is 13.4. The Morgan fingerprint density at radius 1 is 0.952 bits per heavy atom. The minimum absolute atomic E-state index is 0.128. The molecule has 0 fully saturated rings. The van der Waals surface area contributed by atoms with Gasteiger partial charge in [-0.15, -0.1) is 0 Å². The van der Waals surface area contributed by atoms with Crippen LogP contribution in [0.25, 0.3) is 23.1 Å². The average Bonchev–Trinajstić information content (AvgIpc) is 3.61. The first-order chi connectivity index (χ1) is 20.4. The summed E-state index contributed by atoms with van der Waals surface area (Å²) in [4.78, 5) is 19.8. The Bertz CT molecular complexity index is 2090. The van der Waals surface area contributed by atoms with Crippen LogP contribution in [0.3, 0.4) is 0 Å². The van der Waals surface area contributed by atoms with E-state index in [2.05, 4.69) is 18.2 Å². The molecule has 0 bridgehead atoms. The van der Waals surface area contributed by atoms with Crippen LogP contribution in [0.5, 0.6) is 11.5 Å². The molecule has 0 spiro atoms. The van der Waals surface area contributed by atoms with Gasteiger partial charge in [-0.1, -0.05) is 64.9 Å².